The largest absolute Gasteiger partial charge is 0.511 e. The molecule has 140 valence electrons. The van der Waals surface area contributed by atoms with Gasteiger partial charge < -0.3 is 5.11 Å². The van der Waals surface area contributed by atoms with Crippen LogP contribution in [-0.2, 0) is 17.6 Å². The molecule has 1 aromatic rings. The second-order valence-corrected chi connectivity index (χ2v) is 11.1. The monoisotopic (exact) mass is 388 g/mol. The molecular weight excluding hydrogens is 360 g/mol. The Morgan fingerprint density at radius 2 is 1.65 bits per heavy atom. The van der Waals surface area contributed by atoms with E-state index in [0.717, 1.165) is 31.2 Å². The van der Waals surface area contributed by atoms with Crippen molar-refractivity contribution in [2.75, 3.05) is 11.5 Å². The fourth-order valence-electron chi connectivity index (χ4n) is 5.02. The van der Waals surface area contributed by atoms with E-state index in [1.54, 1.807) is 0 Å². The molecule has 2 atom stereocenters. The normalized spacial score (nSPS) is 27.4. The standard InChI is InChI=1S/C22H28O2S2/c1-4-14-9-13(3)10-15(5-2)18(14)19-20(23)16-11-22(12-17(16)21(19)24)25-7-6-8-26-22/h9-10,16-17,23H,4-8,11-12H2,1-3H3/t16-,17+/m0/s1. The van der Waals surface area contributed by atoms with Gasteiger partial charge >= 0.3 is 0 Å². The fraction of sp³-hybridized carbons (Fsp3) is 0.591. The molecule has 1 aliphatic heterocycles. The highest BCUT2D eigenvalue weighted by Crippen LogP contribution is 2.61. The Labute approximate surface area is 165 Å². The van der Waals surface area contributed by atoms with Gasteiger partial charge in [-0.15, -0.1) is 23.5 Å². The van der Waals surface area contributed by atoms with E-state index in [4.69, 9.17) is 0 Å². The third-order valence-corrected chi connectivity index (χ3v) is 9.63. The lowest BCUT2D eigenvalue weighted by atomic mass is 9.87. The average Bonchev–Trinajstić information content (AvgIpc) is 3.10. The van der Waals surface area contributed by atoms with Crippen molar-refractivity contribution in [2.45, 2.75) is 57.0 Å². The second-order valence-electron chi connectivity index (χ2n) is 7.87. The van der Waals surface area contributed by atoms with Crippen LogP contribution in [0.3, 0.4) is 0 Å². The summed E-state index contributed by atoms with van der Waals surface area (Å²) in [6.45, 7) is 6.39. The summed E-state index contributed by atoms with van der Waals surface area (Å²) < 4.78 is 0.164. The first-order valence-corrected chi connectivity index (χ1v) is 11.8. The number of hydrogen-bond donors (Lipinski definition) is 1. The van der Waals surface area contributed by atoms with E-state index in [2.05, 4.69) is 32.9 Å². The zero-order valence-corrected chi connectivity index (χ0v) is 17.6. The van der Waals surface area contributed by atoms with Crippen LogP contribution in [0.15, 0.2) is 17.9 Å². The first-order valence-electron chi connectivity index (χ1n) is 9.87. The highest BCUT2D eigenvalue weighted by atomic mass is 32.2. The number of benzene rings is 1. The Bertz CT molecular complexity index is 749. The second kappa shape index (κ2) is 6.94. The van der Waals surface area contributed by atoms with Crippen molar-refractivity contribution in [1.29, 1.82) is 0 Å². The van der Waals surface area contributed by atoms with Crippen LogP contribution >= 0.6 is 23.5 Å². The number of carbonyl (C=O) groups is 1. The van der Waals surface area contributed by atoms with Crippen LogP contribution in [0.2, 0.25) is 0 Å². The maximum Gasteiger partial charge on any atom is 0.170 e. The molecule has 2 aliphatic carbocycles. The van der Waals surface area contributed by atoms with Gasteiger partial charge in [0, 0.05) is 11.8 Å². The van der Waals surface area contributed by atoms with Crippen molar-refractivity contribution in [1.82, 2.24) is 0 Å². The number of allylic oxidation sites excluding steroid dienone is 2. The van der Waals surface area contributed by atoms with Crippen LogP contribution in [0.5, 0.6) is 0 Å². The molecule has 1 heterocycles. The van der Waals surface area contributed by atoms with Gasteiger partial charge in [-0.25, -0.2) is 0 Å². The van der Waals surface area contributed by atoms with Crippen LogP contribution in [0.25, 0.3) is 5.57 Å². The van der Waals surface area contributed by atoms with Gasteiger partial charge in [-0.2, -0.15) is 0 Å². The van der Waals surface area contributed by atoms with Crippen molar-refractivity contribution in [3.05, 3.63) is 40.1 Å². The van der Waals surface area contributed by atoms with Crippen molar-refractivity contribution >= 4 is 34.9 Å². The van der Waals surface area contributed by atoms with Gasteiger partial charge in [0.2, 0.25) is 0 Å². The Balaban J connectivity index is 1.77. The molecule has 1 aromatic carbocycles. The van der Waals surface area contributed by atoms with E-state index < -0.39 is 0 Å². The van der Waals surface area contributed by atoms with E-state index >= 15 is 0 Å². The molecule has 3 aliphatic rings. The van der Waals surface area contributed by atoms with Gasteiger partial charge in [0.25, 0.3) is 0 Å². The van der Waals surface area contributed by atoms with E-state index in [-0.39, 0.29) is 21.7 Å². The average molecular weight is 389 g/mol. The lowest BCUT2D eigenvalue weighted by molar-refractivity contribution is -0.117. The minimum atomic E-state index is -0.0150. The molecular formula is C22H28O2S2. The maximum absolute atomic E-state index is 13.4. The van der Waals surface area contributed by atoms with Gasteiger partial charge in [-0.05, 0) is 67.2 Å². The van der Waals surface area contributed by atoms with Crippen LogP contribution < -0.4 is 0 Å². The Kier molecular flexibility index (Phi) is 4.94. The summed E-state index contributed by atoms with van der Waals surface area (Å²) in [6, 6.07) is 4.37. The lowest BCUT2D eigenvalue weighted by Crippen LogP contribution is -2.23. The van der Waals surface area contributed by atoms with Crippen LogP contribution in [-0.4, -0.2) is 26.5 Å². The van der Waals surface area contributed by atoms with Crippen LogP contribution in [0, 0.1) is 18.8 Å². The van der Waals surface area contributed by atoms with Gasteiger partial charge in [0.1, 0.15) is 5.76 Å². The number of Topliss-reactive ketones (excluding diaryl/α,β-unsaturated/α-hetero) is 1. The van der Waals surface area contributed by atoms with Crippen LogP contribution in [0.1, 0.15) is 55.4 Å². The molecule has 0 radical (unpaired) electrons. The summed E-state index contributed by atoms with van der Waals surface area (Å²) in [6.07, 6.45) is 4.91. The number of rotatable bonds is 3. The molecule has 1 N–H and O–H groups in total. The summed E-state index contributed by atoms with van der Waals surface area (Å²) >= 11 is 4.05. The molecule has 26 heavy (non-hydrogen) atoms. The molecule has 1 saturated carbocycles. The first-order chi connectivity index (χ1) is 12.5. The third-order valence-electron chi connectivity index (χ3n) is 6.21. The number of aliphatic hydroxyl groups excluding tert-OH is 1. The molecule has 1 saturated heterocycles. The summed E-state index contributed by atoms with van der Waals surface area (Å²) in [4.78, 5) is 13.4. The van der Waals surface area contributed by atoms with Gasteiger partial charge in [-0.1, -0.05) is 31.5 Å². The molecule has 2 nitrogen and oxygen atoms in total. The van der Waals surface area contributed by atoms with Gasteiger partial charge in [0.15, 0.2) is 5.78 Å². The number of fused-ring (bicyclic) bond motifs is 1. The molecule has 4 rings (SSSR count). The number of thioether (sulfide) groups is 2. The zero-order chi connectivity index (χ0) is 18.5. The van der Waals surface area contributed by atoms with Crippen molar-refractivity contribution in [2.24, 2.45) is 11.8 Å². The summed E-state index contributed by atoms with van der Waals surface area (Å²) in [5, 5.41) is 11.1. The molecule has 2 fully saturated rings. The molecule has 0 aromatic heterocycles. The van der Waals surface area contributed by atoms with Gasteiger partial charge in [0.05, 0.1) is 9.65 Å². The molecule has 4 heteroatoms. The third kappa shape index (κ3) is 2.84. The number of carbonyl (C=O) groups excluding carboxylic acids is 1. The van der Waals surface area contributed by atoms with E-state index in [9.17, 15) is 9.90 Å². The van der Waals surface area contributed by atoms with Gasteiger partial charge in [-0.3, -0.25) is 4.79 Å². The van der Waals surface area contributed by atoms with E-state index in [1.807, 2.05) is 23.5 Å². The van der Waals surface area contributed by atoms with Crippen molar-refractivity contribution in [3.8, 4) is 0 Å². The minimum absolute atomic E-state index is 0.0150. The number of aryl methyl sites for hydroxylation is 3. The molecule has 0 amide bonds. The highest BCUT2D eigenvalue weighted by molar-refractivity contribution is 8.18. The summed E-state index contributed by atoms with van der Waals surface area (Å²) in [5.74, 6) is 2.98. The number of hydrogen-bond acceptors (Lipinski definition) is 4. The first kappa shape index (κ1) is 18.5. The minimum Gasteiger partial charge on any atom is -0.511 e. The zero-order valence-electron chi connectivity index (χ0n) is 15.9. The number of ketones is 1. The lowest BCUT2D eigenvalue weighted by Gasteiger charge is -2.32. The van der Waals surface area contributed by atoms with E-state index in [1.165, 1.54) is 34.6 Å². The van der Waals surface area contributed by atoms with Crippen LogP contribution in [0.4, 0.5) is 0 Å². The SMILES string of the molecule is CCc1cc(C)cc(CC)c1C1=C(O)[C@H]2CC3(C[C@H]2C1=O)SCCCS3. The maximum atomic E-state index is 13.4. The highest BCUT2D eigenvalue weighted by Gasteiger charge is 2.55. The van der Waals surface area contributed by atoms with E-state index in [0.29, 0.717) is 11.3 Å². The Hall–Kier alpha value is -0.870. The number of aliphatic hydroxyl groups is 1. The predicted molar refractivity (Wildman–Crippen MR) is 113 cm³/mol. The van der Waals surface area contributed by atoms with Crippen molar-refractivity contribution < 1.29 is 9.90 Å². The summed E-state index contributed by atoms with van der Waals surface area (Å²) in [5.41, 5.74) is 5.33. The fourth-order valence-corrected chi connectivity index (χ4v) is 8.55. The molecule has 0 unspecified atom stereocenters. The molecule has 1 spiro atoms. The molecule has 0 bridgehead atoms. The topological polar surface area (TPSA) is 37.3 Å². The quantitative estimate of drug-likeness (QED) is 0.735. The summed E-state index contributed by atoms with van der Waals surface area (Å²) in [7, 11) is 0. The van der Waals surface area contributed by atoms with Crippen molar-refractivity contribution in [3.63, 3.8) is 0 Å². The smallest absolute Gasteiger partial charge is 0.170 e. The Morgan fingerprint density at radius 1 is 1.08 bits per heavy atom. The predicted octanol–water partition coefficient (Wildman–Crippen LogP) is 5.56. The Morgan fingerprint density at radius 3 is 2.19 bits per heavy atom.